The summed E-state index contributed by atoms with van der Waals surface area (Å²) in [6, 6.07) is 3.63. The zero-order valence-corrected chi connectivity index (χ0v) is 14.2. The van der Waals surface area contributed by atoms with Crippen LogP contribution in [0.1, 0.15) is 23.0 Å². The molecule has 0 aliphatic carbocycles. The molecule has 0 saturated carbocycles. The molecule has 0 radical (unpaired) electrons. The zero-order valence-electron chi connectivity index (χ0n) is 14.2. The Kier molecular flexibility index (Phi) is 4.69. The summed E-state index contributed by atoms with van der Waals surface area (Å²) < 4.78 is 6.66. The number of aromatic nitrogens is 5. The fraction of sp³-hybridized carbons (Fsp3) is 0.235. The molecule has 0 N–H and O–H groups in total. The molecule has 0 aromatic carbocycles. The fourth-order valence-corrected chi connectivity index (χ4v) is 2.22. The van der Waals surface area contributed by atoms with Crippen LogP contribution in [-0.2, 0) is 4.74 Å². The van der Waals surface area contributed by atoms with Crippen molar-refractivity contribution in [2.45, 2.75) is 6.92 Å². The lowest BCUT2D eigenvalue weighted by Gasteiger charge is -2.08. The third-order valence-corrected chi connectivity index (χ3v) is 3.37. The Labute approximate surface area is 144 Å². The van der Waals surface area contributed by atoms with Gasteiger partial charge in [-0.25, -0.2) is 9.78 Å². The summed E-state index contributed by atoms with van der Waals surface area (Å²) in [7, 11) is 3.78. The lowest BCUT2D eigenvalue weighted by atomic mass is 10.2. The van der Waals surface area contributed by atoms with E-state index >= 15 is 0 Å². The number of hydrogen-bond acceptors (Lipinski definition) is 7. The van der Waals surface area contributed by atoms with E-state index in [1.54, 1.807) is 29.9 Å². The average Bonchev–Trinajstić information content (AvgIpc) is 3.05. The molecule has 3 heterocycles. The van der Waals surface area contributed by atoms with Crippen LogP contribution in [0.2, 0.25) is 0 Å². The quantitative estimate of drug-likeness (QED) is 0.657. The van der Waals surface area contributed by atoms with Crippen LogP contribution in [0.5, 0.6) is 0 Å². The number of carbonyl (C=O) groups excluding carboxylic acids is 1. The highest BCUT2D eigenvalue weighted by Crippen LogP contribution is 2.18. The number of rotatable bonds is 5. The number of pyridine rings is 1. The van der Waals surface area contributed by atoms with Gasteiger partial charge >= 0.3 is 5.97 Å². The van der Waals surface area contributed by atoms with E-state index in [-0.39, 0.29) is 6.61 Å². The molecule has 0 aliphatic rings. The minimum atomic E-state index is -0.448. The number of carbonyl (C=O) groups is 1. The van der Waals surface area contributed by atoms with Crippen molar-refractivity contribution in [2.24, 2.45) is 0 Å². The molecule has 3 aromatic rings. The molecule has 8 nitrogen and oxygen atoms in total. The molecule has 0 atom stereocenters. The molecule has 0 fully saturated rings. The molecule has 3 rings (SSSR count). The van der Waals surface area contributed by atoms with Gasteiger partial charge in [-0.2, -0.15) is 9.50 Å². The number of fused-ring (bicyclic) bond motifs is 1. The Morgan fingerprint density at radius 1 is 1.32 bits per heavy atom. The van der Waals surface area contributed by atoms with Gasteiger partial charge in [0.1, 0.15) is 5.56 Å². The van der Waals surface area contributed by atoms with E-state index in [0.29, 0.717) is 22.9 Å². The molecule has 0 unspecified atom stereocenters. The van der Waals surface area contributed by atoms with Gasteiger partial charge in [0.2, 0.25) is 0 Å². The second kappa shape index (κ2) is 7.08. The third kappa shape index (κ3) is 3.47. The number of esters is 1. The summed E-state index contributed by atoms with van der Waals surface area (Å²) in [5.74, 6) is 0.463. The molecular formula is C17H18N6O2. The first kappa shape index (κ1) is 16.6. The molecule has 8 heteroatoms. The van der Waals surface area contributed by atoms with E-state index in [9.17, 15) is 4.79 Å². The Bertz CT molecular complexity index is 918. The minimum Gasteiger partial charge on any atom is -0.462 e. The summed E-state index contributed by atoms with van der Waals surface area (Å²) in [6.45, 7) is 2.05. The Hall–Kier alpha value is -3.29. The van der Waals surface area contributed by atoms with Gasteiger partial charge in [-0.15, -0.1) is 5.10 Å². The van der Waals surface area contributed by atoms with Crippen LogP contribution < -0.4 is 0 Å². The summed E-state index contributed by atoms with van der Waals surface area (Å²) in [5.41, 5.74) is 1.71. The monoisotopic (exact) mass is 338 g/mol. The van der Waals surface area contributed by atoms with Crippen LogP contribution in [0.15, 0.2) is 36.9 Å². The number of ether oxygens (including phenoxy) is 1. The van der Waals surface area contributed by atoms with Crippen LogP contribution in [0, 0.1) is 0 Å². The maximum atomic E-state index is 12.3. The van der Waals surface area contributed by atoms with Crippen molar-refractivity contribution in [3.8, 4) is 11.4 Å². The maximum absolute atomic E-state index is 12.3. The van der Waals surface area contributed by atoms with E-state index in [2.05, 4.69) is 20.1 Å². The second-order valence-electron chi connectivity index (χ2n) is 5.44. The topological polar surface area (TPSA) is 85.5 Å². The molecule has 0 aliphatic heterocycles. The van der Waals surface area contributed by atoms with E-state index in [1.165, 1.54) is 6.20 Å². The molecule has 0 saturated heterocycles. The Balaban J connectivity index is 2.17. The summed E-state index contributed by atoms with van der Waals surface area (Å²) in [5, 5.41) is 4.50. The number of hydrogen-bond donors (Lipinski definition) is 0. The van der Waals surface area contributed by atoms with Gasteiger partial charge in [0.05, 0.1) is 12.3 Å². The van der Waals surface area contributed by atoms with Gasteiger partial charge in [0.25, 0.3) is 5.78 Å². The molecule has 0 amide bonds. The van der Waals surface area contributed by atoms with Crippen LogP contribution in [0.4, 0.5) is 0 Å². The fourth-order valence-electron chi connectivity index (χ4n) is 2.22. The van der Waals surface area contributed by atoms with Crippen molar-refractivity contribution in [3.05, 3.63) is 48.2 Å². The van der Waals surface area contributed by atoms with Crippen molar-refractivity contribution in [1.29, 1.82) is 0 Å². The predicted octanol–water partition coefficient (Wildman–Crippen LogP) is 1.90. The van der Waals surface area contributed by atoms with E-state index in [0.717, 1.165) is 5.56 Å². The lowest BCUT2D eigenvalue weighted by molar-refractivity contribution is 0.0525. The Morgan fingerprint density at radius 2 is 2.08 bits per heavy atom. The van der Waals surface area contributed by atoms with E-state index < -0.39 is 5.97 Å². The zero-order chi connectivity index (χ0) is 17.8. The van der Waals surface area contributed by atoms with Gasteiger partial charge in [-0.1, -0.05) is 0 Å². The SMILES string of the molecule is CCOC(=O)c1cnc2nc(-c3ccncc3)nn2c1/C=C/N(C)C. The van der Waals surface area contributed by atoms with E-state index in [4.69, 9.17) is 4.74 Å². The molecule has 0 bridgehead atoms. The van der Waals surface area contributed by atoms with Crippen LogP contribution in [0.25, 0.3) is 23.2 Å². The maximum Gasteiger partial charge on any atom is 0.341 e. The van der Waals surface area contributed by atoms with Crippen LogP contribution in [0.3, 0.4) is 0 Å². The van der Waals surface area contributed by atoms with Crippen molar-refractivity contribution < 1.29 is 9.53 Å². The predicted molar refractivity (Wildman–Crippen MR) is 92.7 cm³/mol. The highest BCUT2D eigenvalue weighted by molar-refractivity contribution is 5.93. The average molecular weight is 338 g/mol. The molecule has 128 valence electrons. The molecule has 0 spiro atoms. The Morgan fingerprint density at radius 3 is 2.76 bits per heavy atom. The van der Waals surface area contributed by atoms with Crippen molar-refractivity contribution in [2.75, 3.05) is 20.7 Å². The van der Waals surface area contributed by atoms with Gasteiger partial charge in [0.15, 0.2) is 5.82 Å². The lowest BCUT2D eigenvalue weighted by Crippen LogP contribution is -2.12. The molecule has 25 heavy (non-hydrogen) atoms. The minimum absolute atomic E-state index is 0.285. The third-order valence-electron chi connectivity index (χ3n) is 3.37. The first-order chi connectivity index (χ1) is 12.1. The smallest absolute Gasteiger partial charge is 0.341 e. The van der Waals surface area contributed by atoms with Gasteiger partial charge < -0.3 is 9.64 Å². The normalized spacial score (nSPS) is 11.2. The summed E-state index contributed by atoms with van der Waals surface area (Å²) in [6.07, 6.45) is 8.42. The van der Waals surface area contributed by atoms with Crippen LogP contribution in [-0.4, -0.2) is 56.1 Å². The molecule has 3 aromatic heterocycles. The van der Waals surface area contributed by atoms with Gasteiger partial charge in [-0.05, 0) is 25.1 Å². The summed E-state index contributed by atoms with van der Waals surface area (Å²) >= 11 is 0. The standard InChI is InChI=1S/C17H18N6O2/c1-4-25-16(24)13-11-19-17-20-15(12-5-8-18-9-6-12)21-23(17)14(13)7-10-22(2)3/h5-11H,4H2,1-3H3/b10-7+. The van der Waals surface area contributed by atoms with Crippen LogP contribution >= 0.6 is 0 Å². The molecular weight excluding hydrogens is 320 g/mol. The highest BCUT2D eigenvalue weighted by Gasteiger charge is 2.18. The highest BCUT2D eigenvalue weighted by atomic mass is 16.5. The largest absolute Gasteiger partial charge is 0.462 e. The van der Waals surface area contributed by atoms with Gasteiger partial charge in [0, 0.05) is 44.4 Å². The summed E-state index contributed by atoms with van der Waals surface area (Å²) in [4.78, 5) is 26.8. The van der Waals surface area contributed by atoms with E-state index in [1.807, 2.05) is 37.3 Å². The second-order valence-corrected chi connectivity index (χ2v) is 5.44. The van der Waals surface area contributed by atoms with Gasteiger partial charge in [-0.3, -0.25) is 4.98 Å². The first-order valence-electron chi connectivity index (χ1n) is 7.78. The van der Waals surface area contributed by atoms with Crippen molar-refractivity contribution >= 4 is 17.8 Å². The van der Waals surface area contributed by atoms with Crippen molar-refractivity contribution in [3.63, 3.8) is 0 Å². The van der Waals surface area contributed by atoms with Crippen molar-refractivity contribution in [1.82, 2.24) is 29.5 Å². The number of nitrogens with zero attached hydrogens (tertiary/aromatic N) is 6. The first-order valence-corrected chi connectivity index (χ1v) is 7.78.